The van der Waals surface area contributed by atoms with E-state index in [4.69, 9.17) is 5.26 Å². The predicted octanol–water partition coefficient (Wildman–Crippen LogP) is 4.58. The Hall–Kier alpha value is -2.35. The highest BCUT2D eigenvalue weighted by molar-refractivity contribution is 5.66. The van der Waals surface area contributed by atoms with Crippen LogP contribution in [0.4, 0.5) is 17.6 Å². The average molecular weight is 279 g/mol. The van der Waals surface area contributed by atoms with Crippen LogP contribution in [0.15, 0.2) is 42.5 Å². The van der Waals surface area contributed by atoms with Gasteiger partial charge in [0.25, 0.3) is 0 Å². The Balaban J connectivity index is 2.53. The van der Waals surface area contributed by atoms with E-state index >= 15 is 0 Å². The number of hydrogen-bond acceptors (Lipinski definition) is 1. The van der Waals surface area contributed by atoms with Crippen LogP contribution in [0.5, 0.6) is 0 Å². The molecule has 0 heterocycles. The zero-order valence-corrected chi connectivity index (χ0v) is 10.2. The van der Waals surface area contributed by atoms with Gasteiger partial charge < -0.3 is 0 Å². The largest absolute Gasteiger partial charge is 0.416 e. The van der Waals surface area contributed by atoms with Gasteiger partial charge in [-0.15, -0.1) is 0 Å². The van der Waals surface area contributed by atoms with Gasteiger partial charge in [0.15, 0.2) is 0 Å². The van der Waals surface area contributed by atoms with Crippen molar-refractivity contribution in [3.05, 3.63) is 59.4 Å². The molecule has 0 aliphatic heterocycles. The van der Waals surface area contributed by atoms with Crippen molar-refractivity contribution in [1.29, 1.82) is 5.26 Å². The standard InChI is InChI=1S/C15H9F4N/c16-14-10(7-8-20)3-2-6-13(14)11-4-1-5-12(9-11)15(17,18)19/h1-6,9H,7H2. The van der Waals surface area contributed by atoms with Gasteiger partial charge in [-0.25, -0.2) is 4.39 Å². The summed E-state index contributed by atoms with van der Waals surface area (Å²) >= 11 is 0. The molecule has 0 aromatic heterocycles. The van der Waals surface area contributed by atoms with Crippen molar-refractivity contribution in [3.63, 3.8) is 0 Å². The van der Waals surface area contributed by atoms with Crippen LogP contribution in [0.3, 0.4) is 0 Å². The van der Waals surface area contributed by atoms with Crippen molar-refractivity contribution in [2.45, 2.75) is 12.6 Å². The zero-order chi connectivity index (χ0) is 14.8. The number of rotatable bonds is 2. The summed E-state index contributed by atoms with van der Waals surface area (Å²) in [4.78, 5) is 0. The van der Waals surface area contributed by atoms with Gasteiger partial charge in [-0.1, -0.05) is 30.3 Å². The molecule has 0 aliphatic rings. The normalized spacial score (nSPS) is 11.2. The molecule has 0 fully saturated rings. The quantitative estimate of drug-likeness (QED) is 0.738. The van der Waals surface area contributed by atoms with Crippen LogP contribution in [0.2, 0.25) is 0 Å². The highest BCUT2D eigenvalue weighted by Gasteiger charge is 2.30. The van der Waals surface area contributed by atoms with E-state index in [2.05, 4.69) is 0 Å². The van der Waals surface area contributed by atoms with E-state index in [0.717, 1.165) is 12.1 Å². The first-order valence-corrected chi connectivity index (χ1v) is 5.75. The van der Waals surface area contributed by atoms with Crippen molar-refractivity contribution in [1.82, 2.24) is 0 Å². The summed E-state index contributed by atoms with van der Waals surface area (Å²) in [5, 5.41) is 8.59. The van der Waals surface area contributed by atoms with Crippen molar-refractivity contribution in [3.8, 4) is 17.2 Å². The van der Waals surface area contributed by atoms with Gasteiger partial charge in [-0.3, -0.25) is 0 Å². The molecule has 0 aliphatic carbocycles. The van der Waals surface area contributed by atoms with E-state index in [1.54, 1.807) is 0 Å². The summed E-state index contributed by atoms with van der Waals surface area (Å²) in [6, 6.07) is 10.6. The average Bonchev–Trinajstić information content (AvgIpc) is 2.41. The Labute approximate surface area is 113 Å². The van der Waals surface area contributed by atoms with Gasteiger partial charge in [0, 0.05) is 11.1 Å². The van der Waals surface area contributed by atoms with Crippen LogP contribution < -0.4 is 0 Å². The second kappa shape index (κ2) is 5.33. The molecule has 2 aromatic carbocycles. The minimum atomic E-state index is -4.48. The summed E-state index contributed by atoms with van der Waals surface area (Å²) in [5.74, 6) is -0.659. The molecule has 102 valence electrons. The Morgan fingerprint density at radius 1 is 1.05 bits per heavy atom. The Kier molecular flexibility index (Phi) is 3.75. The summed E-state index contributed by atoms with van der Waals surface area (Å²) in [5.41, 5.74) is -0.469. The second-order valence-corrected chi connectivity index (χ2v) is 4.19. The second-order valence-electron chi connectivity index (χ2n) is 4.19. The van der Waals surface area contributed by atoms with Gasteiger partial charge in [-0.2, -0.15) is 18.4 Å². The third-order valence-corrected chi connectivity index (χ3v) is 2.85. The maximum absolute atomic E-state index is 14.1. The van der Waals surface area contributed by atoms with Gasteiger partial charge in [0.05, 0.1) is 18.1 Å². The van der Waals surface area contributed by atoms with Crippen LogP contribution in [0.1, 0.15) is 11.1 Å². The molecule has 20 heavy (non-hydrogen) atoms. The molecule has 0 atom stereocenters. The summed E-state index contributed by atoms with van der Waals surface area (Å²) < 4.78 is 52.1. The maximum Gasteiger partial charge on any atom is 0.416 e. The summed E-state index contributed by atoms with van der Waals surface area (Å²) in [7, 11) is 0. The number of nitriles is 1. The third-order valence-electron chi connectivity index (χ3n) is 2.85. The maximum atomic E-state index is 14.1. The van der Waals surface area contributed by atoms with Gasteiger partial charge in [-0.05, 0) is 17.7 Å². The predicted molar refractivity (Wildman–Crippen MR) is 66.2 cm³/mol. The lowest BCUT2D eigenvalue weighted by atomic mass is 9.99. The molecule has 0 radical (unpaired) electrons. The fourth-order valence-electron chi connectivity index (χ4n) is 1.89. The molecule has 0 saturated heterocycles. The number of halogens is 4. The number of benzene rings is 2. The lowest BCUT2D eigenvalue weighted by Crippen LogP contribution is -2.04. The van der Waals surface area contributed by atoms with Crippen molar-refractivity contribution < 1.29 is 17.6 Å². The highest BCUT2D eigenvalue weighted by atomic mass is 19.4. The first-order valence-electron chi connectivity index (χ1n) is 5.75. The topological polar surface area (TPSA) is 23.8 Å². The van der Waals surface area contributed by atoms with Crippen LogP contribution in [-0.4, -0.2) is 0 Å². The number of hydrogen-bond donors (Lipinski definition) is 0. The molecule has 0 unspecified atom stereocenters. The van der Waals surface area contributed by atoms with Gasteiger partial charge in [0.2, 0.25) is 0 Å². The Bertz CT molecular complexity index is 668. The van der Waals surface area contributed by atoms with E-state index in [0.29, 0.717) is 0 Å². The fourth-order valence-corrected chi connectivity index (χ4v) is 1.89. The molecule has 0 bridgehead atoms. The molecule has 1 nitrogen and oxygen atoms in total. The fraction of sp³-hybridized carbons (Fsp3) is 0.133. The smallest absolute Gasteiger partial charge is 0.206 e. The Morgan fingerprint density at radius 2 is 1.75 bits per heavy atom. The lowest BCUT2D eigenvalue weighted by Gasteiger charge is -2.10. The molecule has 0 amide bonds. The Morgan fingerprint density at radius 3 is 2.40 bits per heavy atom. The van der Waals surface area contributed by atoms with Gasteiger partial charge in [0.1, 0.15) is 5.82 Å². The minimum absolute atomic E-state index is 0.0591. The monoisotopic (exact) mass is 279 g/mol. The number of nitrogens with zero attached hydrogens (tertiary/aromatic N) is 1. The van der Waals surface area contributed by atoms with E-state index in [1.165, 1.54) is 30.3 Å². The lowest BCUT2D eigenvalue weighted by molar-refractivity contribution is -0.137. The zero-order valence-electron chi connectivity index (χ0n) is 10.2. The molecule has 0 spiro atoms. The van der Waals surface area contributed by atoms with Crippen molar-refractivity contribution >= 4 is 0 Å². The van der Waals surface area contributed by atoms with Crippen molar-refractivity contribution in [2.24, 2.45) is 0 Å². The molecule has 0 N–H and O–H groups in total. The van der Waals surface area contributed by atoms with Crippen LogP contribution in [-0.2, 0) is 12.6 Å². The number of alkyl halides is 3. The molecular weight excluding hydrogens is 270 g/mol. The van der Waals surface area contributed by atoms with Crippen LogP contribution in [0.25, 0.3) is 11.1 Å². The van der Waals surface area contributed by atoms with E-state index in [9.17, 15) is 17.6 Å². The first kappa shape index (κ1) is 14.1. The van der Waals surface area contributed by atoms with Crippen molar-refractivity contribution in [2.75, 3.05) is 0 Å². The van der Waals surface area contributed by atoms with Crippen LogP contribution in [0, 0.1) is 17.1 Å². The van der Waals surface area contributed by atoms with E-state index in [1.807, 2.05) is 6.07 Å². The molecule has 2 rings (SSSR count). The molecule has 5 heteroatoms. The SMILES string of the molecule is N#CCc1cccc(-c2cccc(C(F)(F)F)c2)c1F. The molecule has 2 aromatic rings. The first-order chi connectivity index (χ1) is 9.43. The van der Waals surface area contributed by atoms with E-state index < -0.39 is 17.6 Å². The minimum Gasteiger partial charge on any atom is -0.206 e. The highest BCUT2D eigenvalue weighted by Crippen LogP contribution is 2.33. The molecular formula is C15H9F4N. The third kappa shape index (κ3) is 2.80. The van der Waals surface area contributed by atoms with E-state index in [-0.39, 0.29) is 23.1 Å². The summed E-state index contributed by atoms with van der Waals surface area (Å²) in [6.45, 7) is 0. The van der Waals surface area contributed by atoms with Crippen LogP contribution >= 0.6 is 0 Å². The van der Waals surface area contributed by atoms with Gasteiger partial charge >= 0.3 is 6.18 Å². The summed E-state index contributed by atoms with van der Waals surface area (Å²) in [6.07, 6.45) is -4.60. The molecule has 0 saturated carbocycles.